The van der Waals surface area contributed by atoms with Crippen LogP contribution in [0.5, 0.6) is 0 Å². The molecule has 2 atom stereocenters. The number of hydrogen-bond acceptors (Lipinski definition) is 4. The summed E-state index contributed by atoms with van der Waals surface area (Å²) < 4.78 is 7.13. The smallest absolute Gasteiger partial charge is 0.307 e. The van der Waals surface area contributed by atoms with Gasteiger partial charge in [0, 0.05) is 29.8 Å². The molecule has 0 bridgehead atoms. The number of benzene rings is 1. The maximum absolute atomic E-state index is 11.9. The van der Waals surface area contributed by atoms with Crippen molar-refractivity contribution in [1.82, 2.24) is 19.8 Å². The second-order valence-corrected chi connectivity index (χ2v) is 8.53. The number of aromatic nitrogens is 2. The zero-order valence-corrected chi connectivity index (χ0v) is 19.6. The van der Waals surface area contributed by atoms with Crippen LogP contribution in [0.25, 0.3) is 5.69 Å². The summed E-state index contributed by atoms with van der Waals surface area (Å²) in [6.07, 6.45) is 2.06. The first kappa shape index (κ1) is 22.0. The van der Waals surface area contributed by atoms with E-state index in [9.17, 15) is 4.79 Å². The van der Waals surface area contributed by atoms with Gasteiger partial charge in [-0.25, -0.2) is 0 Å². The highest BCUT2D eigenvalue weighted by Crippen LogP contribution is 2.41. The number of carbonyl (C=O) groups is 1. The lowest BCUT2D eigenvalue weighted by molar-refractivity contribution is -0.140. The fourth-order valence-electron chi connectivity index (χ4n) is 4.48. The Labute approximate surface area is 194 Å². The summed E-state index contributed by atoms with van der Waals surface area (Å²) in [7, 11) is 1.41. The first-order valence-corrected chi connectivity index (χ1v) is 11.1. The van der Waals surface area contributed by atoms with Crippen LogP contribution >= 0.6 is 12.2 Å². The van der Waals surface area contributed by atoms with E-state index in [1.54, 1.807) is 6.20 Å². The number of thiocarbonyl (C=S) groups is 1. The molecule has 3 heterocycles. The van der Waals surface area contributed by atoms with Gasteiger partial charge in [-0.05, 0) is 68.9 Å². The van der Waals surface area contributed by atoms with Gasteiger partial charge in [-0.1, -0.05) is 23.8 Å². The molecule has 3 aromatic rings. The van der Waals surface area contributed by atoms with Gasteiger partial charge in [0.15, 0.2) is 5.11 Å². The lowest BCUT2D eigenvalue weighted by Gasteiger charge is -2.28. The molecule has 0 spiro atoms. The van der Waals surface area contributed by atoms with Gasteiger partial charge in [-0.2, -0.15) is 0 Å². The van der Waals surface area contributed by atoms with E-state index in [1.165, 1.54) is 12.7 Å². The molecule has 1 aromatic carbocycles. The quantitative estimate of drug-likeness (QED) is 0.447. The first-order valence-electron chi connectivity index (χ1n) is 10.7. The fourth-order valence-corrected chi connectivity index (χ4v) is 4.81. The van der Waals surface area contributed by atoms with E-state index in [-0.39, 0.29) is 24.5 Å². The summed E-state index contributed by atoms with van der Waals surface area (Å²) in [6, 6.07) is 16.4. The van der Waals surface area contributed by atoms with Crippen molar-refractivity contribution in [2.24, 2.45) is 0 Å². The van der Waals surface area contributed by atoms with Crippen molar-refractivity contribution in [3.05, 3.63) is 82.9 Å². The number of rotatable bonds is 6. The molecule has 0 amide bonds. The lowest BCUT2D eigenvalue weighted by atomic mass is 9.96. The molecule has 7 heteroatoms. The Balaban J connectivity index is 1.78. The van der Waals surface area contributed by atoms with Gasteiger partial charge in [0.2, 0.25) is 0 Å². The topological polar surface area (TPSA) is 59.4 Å². The molecular formula is C25H28N4O2S. The van der Waals surface area contributed by atoms with Gasteiger partial charge in [0.05, 0.1) is 31.3 Å². The Hall–Kier alpha value is -3.19. The molecule has 1 aliphatic heterocycles. The van der Waals surface area contributed by atoms with Crippen LogP contribution in [0.15, 0.2) is 54.7 Å². The monoisotopic (exact) mass is 448 g/mol. The van der Waals surface area contributed by atoms with Crippen molar-refractivity contribution < 1.29 is 9.53 Å². The number of carbonyl (C=O) groups excluding carboxylic acids is 1. The molecule has 0 unspecified atom stereocenters. The summed E-state index contributed by atoms with van der Waals surface area (Å²) in [6.45, 7) is 6.82. The number of aryl methyl sites for hydroxylation is 2. The van der Waals surface area contributed by atoms with Crippen molar-refractivity contribution >= 4 is 23.3 Å². The highest BCUT2D eigenvalue weighted by molar-refractivity contribution is 7.80. The third kappa shape index (κ3) is 4.12. The van der Waals surface area contributed by atoms with Crippen molar-refractivity contribution in [1.29, 1.82) is 0 Å². The zero-order chi connectivity index (χ0) is 22.8. The highest BCUT2D eigenvalue weighted by Gasteiger charge is 2.41. The summed E-state index contributed by atoms with van der Waals surface area (Å²) in [5, 5.41) is 4.07. The average molecular weight is 449 g/mol. The second-order valence-electron chi connectivity index (χ2n) is 8.14. The van der Waals surface area contributed by atoms with Crippen molar-refractivity contribution in [2.75, 3.05) is 13.7 Å². The molecule has 32 heavy (non-hydrogen) atoms. The van der Waals surface area contributed by atoms with Crippen LogP contribution in [0.1, 0.15) is 46.7 Å². The number of pyridine rings is 1. The van der Waals surface area contributed by atoms with Crippen LogP contribution in [0.2, 0.25) is 0 Å². The molecule has 0 saturated carbocycles. The number of hydrogen-bond donors (Lipinski definition) is 1. The van der Waals surface area contributed by atoms with Crippen molar-refractivity contribution in [2.45, 2.75) is 39.3 Å². The fraction of sp³-hybridized carbons (Fsp3) is 0.320. The van der Waals surface area contributed by atoms with Gasteiger partial charge in [0.25, 0.3) is 0 Å². The predicted octanol–water partition coefficient (Wildman–Crippen LogP) is 4.33. The zero-order valence-electron chi connectivity index (χ0n) is 18.8. The Morgan fingerprint density at radius 3 is 2.56 bits per heavy atom. The number of methoxy groups -OCH3 is 1. The summed E-state index contributed by atoms with van der Waals surface area (Å²) in [5.41, 5.74) is 6.72. The van der Waals surface area contributed by atoms with Gasteiger partial charge >= 0.3 is 5.97 Å². The van der Waals surface area contributed by atoms with E-state index in [0.29, 0.717) is 11.7 Å². The minimum absolute atomic E-state index is 0.0903. The third-order valence-corrected chi connectivity index (χ3v) is 6.42. The Bertz CT molecular complexity index is 1120. The minimum atomic E-state index is -0.252. The van der Waals surface area contributed by atoms with E-state index in [2.05, 4.69) is 70.9 Å². The van der Waals surface area contributed by atoms with Gasteiger partial charge in [-0.3, -0.25) is 9.78 Å². The molecule has 0 radical (unpaired) electrons. The SMILES string of the molecule is COC(=O)CCN1C(=S)N[C@@H](c2ccccn2)[C@@H]1c1cc(C)n(-c2ccc(C)cc2)c1C. The standard InChI is InChI=1S/C25H28N4O2S/c1-16-8-10-19(11-9-16)29-17(2)15-20(18(29)3)24-23(21-7-5-6-13-26-21)27-25(32)28(24)14-12-22(30)31-4/h5-11,13,15,23-24H,12,14H2,1-4H3,(H,27,32)/t23-,24-/m0/s1. The molecule has 1 N–H and O–H groups in total. The van der Waals surface area contributed by atoms with Crippen molar-refractivity contribution in [3.8, 4) is 5.69 Å². The number of esters is 1. The maximum Gasteiger partial charge on any atom is 0.307 e. The molecule has 2 aromatic heterocycles. The molecule has 1 aliphatic rings. The molecule has 6 nitrogen and oxygen atoms in total. The molecule has 4 rings (SSSR count). The average Bonchev–Trinajstić information content (AvgIpc) is 3.28. The summed E-state index contributed by atoms with van der Waals surface area (Å²) in [4.78, 5) is 18.6. The normalized spacial score (nSPS) is 18.0. The van der Waals surface area contributed by atoms with Crippen LogP contribution in [0.4, 0.5) is 0 Å². The van der Waals surface area contributed by atoms with Crippen molar-refractivity contribution in [3.63, 3.8) is 0 Å². The number of ether oxygens (including phenoxy) is 1. The second kappa shape index (κ2) is 9.12. The van der Waals surface area contributed by atoms with E-state index < -0.39 is 0 Å². The predicted molar refractivity (Wildman–Crippen MR) is 129 cm³/mol. The Kier molecular flexibility index (Phi) is 6.28. The van der Waals surface area contributed by atoms with Gasteiger partial charge < -0.3 is 19.5 Å². The Morgan fingerprint density at radius 1 is 1.16 bits per heavy atom. The van der Waals surface area contributed by atoms with E-state index >= 15 is 0 Å². The van der Waals surface area contributed by atoms with Crippen LogP contribution in [0.3, 0.4) is 0 Å². The summed E-state index contributed by atoms with van der Waals surface area (Å²) in [5.74, 6) is -0.252. The van der Waals surface area contributed by atoms with Crippen LogP contribution in [0, 0.1) is 20.8 Å². The minimum Gasteiger partial charge on any atom is -0.469 e. The largest absolute Gasteiger partial charge is 0.469 e. The van der Waals surface area contributed by atoms with Crippen LogP contribution in [-0.2, 0) is 9.53 Å². The van der Waals surface area contributed by atoms with Gasteiger partial charge in [-0.15, -0.1) is 0 Å². The van der Waals surface area contributed by atoms with Crippen LogP contribution in [-0.4, -0.2) is 39.2 Å². The molecule has 1 fully saturated rings. The summed E-state index contributed by atoms with van der Waals surface area (Å²) >= 11 is 5.70. The first-order chi connectivity index (χ1) is 15.4. The van der Waals surface area contributed by atoms with E-state index in [0.717, 1.165) is 28.3 Å². The number of nitrogens with one attached hydrogen (secondary N) is 1. The molecule has 0 aliphatic carbocycles. The lowest BCUT2D eigenvalue weighted by Crippen LogP contribution is -2.32. The van der Waals surface area contributed by atoms with E-state index in [4.69, 9.17) is 17.0 Å². The number of nitrogens with zero attached hydrogens (tertiary/aromatic N) is 3. The Morgan fingerprint density at radius 2 is 1.91 bits per heavy atom. The molecular weight excluding hydrogens is 420 g/mol. The van der Waals surface area contributed by atoms with Crippen LogP contribution < -0.4 is 5.32 Å². The third-order valence-electron chi connectivity index (χ3n) is 6.06. The van der Waals surface area contributed by atoms with Gasteiger partial charge in [0.1, 0.15) is 0 Å². The maximum atomic E-state index is 11.9. The highest BCUT2D eigenvalue weighted by atomic mass is 32.1. The van der Waals surface area contributed by atoms with E-state index in [1.807, 2.05) is 18.2 Å². The molecule has 166 valence electrons. The molecule has 1 saturated heterocycles.